The normalized spacial score (nSPS) is 16.6. The summed E-state index contributed by atoms with van der Waals surface area (Å²) < 4.78 is 0. The number of aryl methyl sites for hydroxylation is 3. The molecule has 1 saturated heterocycles. The van der Waals surface area contributed by atoms with E-state index in [1.165, 1.54) is 35.3 Å². The Bertz CT molecular complexity index is 371. The van der Waals surface area contributed by atoms with Gasteiger partial charge in [-0.05, 0) is 43.0 Å². The highest BCUT2D eigenvalue weighted by atomic mass is 35.5. The molecule has 1 heterocycles. The fourth-order valence-corrected chi connectivity index (χ4v) is 2.30. The molecule has 0 bridgehead atoms. The van der Waals surface area contributed by atoms with Crippen LogP contribution in [-0.2, 0) is 6.54 Å². The van der Waals surface area contributed by atoms with Gasteiger partial charge in [0.05, 0.1) is 0 Å². The molecular formula is C14H23ClN2. The van der Waals surface area contributed by atoms with Crippen LogP contribution in [-0.4, -0.2) is 31.1 Å². The Labute approximate surface area is 111 Å². The molecule has 0 atom stereocenters. The van der Waals surface area contributed by atoms with Crippen LogP contribution in [0.15, 0.2) is 12.1 Å². The molecule has 96 valence electrons. The SMILES string of the molecule is Cc1cc(C)c(CN2CCNCC2)cc1C.Cl. The first kappa shape index (κ1) is 14.5. The smallest absolute Gasteiger partial charge is 0.0237 e. The maximum Gasteiger partial charge on any atom is 0.0237 e. The Morgan fingerprint density at radius 3 is 2.24 bits per heavy atom. The van der Waals surface area contributed by atoms with E-state index in [1.54, 1.807) is 0 Å². The molecule has 2 rings (SSSR count). The summed E-state index contributed by atoms with van der Waals surface area (Å²) in [5.74, 6) is 0. The summed E-state index contributed by atoms with van der Waals surface area (Å²) in [5, 5.41) is 3.39. The number of halogens is 1. The Hall–Kier alpha value is -0.570. The maximum atomic E-state index is 3.39. The molecule has 0 aliphatic carbocycles. The molecule has 1 N–H and O–H groups in total. The highest BCUT2D eigenvalue weighted by Crippen LogP contribution is 2.17. The third kappa shape index (κ3) is 3.70. The van der Waals surface area contributed by atoms with Crippen molar-refractivity contribution >= 4 is 12.4 Å². The molecule has 1 fully saturated rings. The van der Waals surface area contributed by atoms with E-state index >= 15 is 0 Å². The van der Waals surface area contributed by atoms with Gasteiger partial charge in [0.25, 0.3) is 0 Å². The Morgan fingerprint density at radius 2 is 1.59 bits per heavy atom. The summed E-state index contributed by atoms with van der Waals surface area (Å²) in [4.78, 5) is 2.54. The summed E-state index contributed by atoms with van der Waals surface area (Å²) in [6.07, 6.45) is 0. The number of piperazine rings is 1. The lowest BCUT2D eigenvalue weighted by atomic mass is 10.0. The molecule has 0 saturated carbocycles. The molecule has 0 spiro atoms. The number of hydrogen-bond donors (Lipinski definition) is 1. The zero-order valence-electron chi connectivity index (χ0n) is 11.0. The van der Waals surface area contributed by atoms with Gasteiger partial charge in [0.2, 0.25) is 0 Å². The van der Waals surface area contributed by atoms with Crippen molar-refractivity contribution < 1.29 is 0 Å². The first-order valence-electron chi connectivity index (χ1n) is 6.16. The van der Waals surface area contributed by atoms with E-state index in [2.05, 4.69) is 43.1 Å². The monoisotopic (exact) mass is 254 g/mol. The molecular weight excluding hydrogens is 232 g/mol. The molecule has 0 aromatic heterocycles. The third-order valence-corrected chi connectivity index (χ3v) is 3.56. The van der Waals surface area contributed by atoms with E-state index in [1.807, 2.05) is 0 Å². The number of nitrogens with zero attached hydrogens (tertiary/aromatic N) is 1. The lowest BCUT2D eigenvalue weighted by Crippen LogP contribution is -2.43. The molecule has 17 heavy (non-hydrogen) atoms. The predicted octanol–water partition coefficient (Wildman–Crippen LogP) is 2.44. The van der Waals surface area contributed by atoms with Crippen LogP contribution in [0.5, 0.6) is 0 Å². The second kappa shape index (κ2) is 6.39. The van der Waals surface area contributed by atoms with Crippen molar-refractivity contribution in [1.82, 2.24) is 10.2 Å². The van der Waals surface area contributed by atoms with Crippen LogP contribution in [0.3, 0.4) is 0 Å². The summed E-state index contributed by atoms with van der Waals surface area (Å²) in [5.41, 5.74) is 5.74. The summed E-state index contributed by atoms with van der Waals surface area (Å²) >= 11 is 0. The van der Waals surface area contributed by atoms with Crippen LogP contribution >= 0.6 is 12.4 Å². The number of hydrogen-bond acceptors (Lipinski definition) is 2. The van der Waals surface area contributed by atoms with Gasteiger partial charge in [-0.15, -0.1) is 12.4 Å². The zero-order valence-corrected chi connectivity index (χ0v) is 11.9. The van der Waals surface area contributed by atoms with Crippen molar-refractivity contribution in [2.24, 2.45) is 0 Å². The average molecular weight is 255 g/mol. The third-order valence-electron chi connectivity index (χ3n) is 3.56. The van der Waals surface area contributed by atoms with Crippen LogP contribution in [0.2, 0.25) is 0 Å². The highest BCUT2D eigenvalue weighted by Gasteiger charge is 2.11. The van der Waals surface area contributed by atoms with Gasteiger partial charge < -0.3 is 5.32 Å². The van der Waals surface area contributed by atoms with E-state index in [-0.39, 0.29) is 12.4 Å². The van der Waals surface area contributed by atoms with Crippen LogP contribution in [0.4, 0.5) is 0 Å². The highest BCUT2D eigenvalue weighted by molar-refractivity contribution is 5.85. The summed E-state index contributed by atoms with van der Waals surface area (Å²) in [7, 11) is 0. The van der Waals surface area contributed by atoms with Gasteiger partial charge in [0, 0.05) is 32.7 Å². The first-order valence-corrected chi connectivity index (χ1v) is 6.16. The molecule has 1 aromatic rings. The van der Waals surface area contributed by atoms with Gasteiger partial charge in [0.15, 0.2) is 0 Å². The average Bonchev–Trinajstić information content (AvgIpc) is 2.27. The second-order valence-corrected chi connectivity index (χ2v) is 4.89. The van der Waals surface area contributed by atoms with Gasteiger partial charge in [-0.25, -0.2) is 0 Å². The quantitative estimate of drug-likeness (QED) is 0.872. The van der Waals surface area contributed by atoms with Gasteiger partial charge in [0.1, 0.15) is 0 Å². The van der Waals surface area contributed by atoms with E-state index in [0.717, 1.165) is 19.6 Å². The van der Waals surface area contributed by atoms with E-state index < -0.39 is 0 Å². The number of rotatable bonds is 2. The first-order chi connectivity index (χ1) is 7.66. The Kier molecular flexibility index (Phi) is 5.44. The second-order valence-electron chi connectivity index (χ2n) is 4.89. The Balaban J connectivity index is 0.00000144. The van der Waals surface area contributed by atoms with Crippen molar-refractivity contribution in [1.29, 1.82) is 0 Å². The molecule has 0 amide bonds. The van der Waals surface area contributed by atoms with Crippen molar-refractivity contribution in [3.63, 3.8) is 0 Å². The minimum atomic E-state index is 0. The van der Waals surface area contributed by atoms with Crippen molar-refractivity contribution in [2.45, 2.75) is 27.3 Å². The van der Waals surface area contributed by atoms with Crippen LogP contribution in [0.25, 0.3) is 0 Å². The molecule has 1 aliphatic heterocycles. The fourth-order valence-electron chi connectivity index (χ4n) is 2.30. The Morgan fingerprint density at radius 1 is 1.00 bits per heavy atom. The zero-order chi connectivity index (χ0) is 11.5. The summed E-state index contributed by atoms with van der Waals surface area (Å²) in [6.45, 7) is 12.3. The minimum Gasteiger partial charge on any atom is -0.314 e. The van der Waals surface area contributed by atoms with Gasteiger partial charge in [-0.1, -0.05) is 12.1 Å². The molecule has 0 unspecified atom stereocenters. The molecule has 0 radical (unpaired) electrons. The van der Waals surface area contributed by atoms with Crippen LogP contribution in [0.1, 0.15) is 22.3 Å². The lowest BCUT2D eigenvalue weighted by Gasteiger charge is -2.28. The van der Waals surface area contributed by atoms with Crippen molar-refractivity contribution in [3.8, 4) is 0 Å². The van der Waals surface area contributed by atoms with Gasteiger partial charge in [-0.2, -0.15) is 0 Å². The van der Waals surface area contributed by atoms with Gasteiger partial charge >= 0.3 is 0 Å². The minimum absolute atomic E-state index is 0. The van der Waals surface area contributed by atoms with Crippen molar-refractivity contribution in [2.75, 3.05) is 26.2 Å². The van der Waals surface area contributed by atoms with Crippen molar-refractivity contribution in [3.05, 3.63) is 34.4 Å². The fraction of sp³-hybridized carbons (Fsp3) is 0.571. The molecule has 3 heteroatoms. The molecule has 2 nitrogen and oxygen atoms in total. The largest absolute Gasteiger partial charge is 0.314 e. The van der Waals surface area contributed by atoms with Crippen LogP contribution < -0.4 is 5.32 Å². The number of nitrogens with one attached hydrogen (secondary N) is 1. The van der Waals surface area contributed by atoms with E-state index in [9.17, 15) is 0 Å². The standard InChI is InChI=1S/C14H22N2.ClH/c1-11-8-13(3)14(9-12(11)2)10-16-6-4-15-5-7-16;/h8-9,15H,4-7,10H2,1-3H3;1H. The van der Waals surface area contributed by atoms with E-state index in [4.69, 9.17) is 0 Å². The van der Waals surface area contributed by atoms with Gasteiger partial charge in [-0.3, -0.25) is 4.90 Å². The number of benzene rings is 1. The molecule has 1 aromatic carbocycles. The van der Waals surface area contributed by atoms with Crippen LogP contribution in [0, 0.1) is 20.8 Å². The summed E-state index contributed by atoms with van der Waals surface area (Å²) in [6, 6.07) is 4.67. The predicted molar refractivity (Wildman–Crippen MR) is 76.0 cm³/mol. The lowest BCUT2D eigenvalue weighted by molar-refractivity contribution is 0.233. The molecule has 1 aliphatic rings. The maximum absolute atomic E-state index is 3.39. The topological polar surface area (TPSA) is 15.3 Å². The van der Waals surface area contributed by atoms with E-state index in [0.29, 0.717) is 0 Å².